The highest BCUT2D eigenvalue weighted by molar-refractivity contribution is 5.75. The number of carbonyl (C=O) groups excluding carboxylic acids is 1. The number of carbonyl (C=O) groups is 2. The van der Waals surface area contributed by atoms with Gasteiger partial charge in [-0.25, -0.2) is 4.79 Å². The molecule has 1 aromatic rings. The van der Waals surface area contributed by atoms with E-state index in [1.807, 2.05) is 30.3 Å². The van der Waals surface area contributed by atoms with Crippen LogP contribution in [0.2, 0.25) is 0 Å². The Kier molecular flexibility index (Phi) is 7.54. The largest absolute Gasteiger partial charge is 0.481 e. The van der Waals surface area contributed by atoms with Crippen LogP contribution in [0.4, 0.5) is 4.79 Å². The molecule has 0 aliphatic carbocycles. The van der Waals surface area contributed by atoms with Crippen LogP contribution >= 0.6 is 0 Å². The summed E-state index contributed by atoms with van der Waals surface area (Å²) in [4.78, 5) is 24.3. The zero-order valence-corrected chi connectivity index (χ0v) is 13.9. The van der Waals surface area contributed by atoms with Gasteiger partial charge in [0.15, 0.2) is 0 Å². The van der Waals surface area contributed by atoms with Gasteiger partial charge < -0.3 is 20.4 Å². The van der Waals surface area contributed by atoms with Crippen molar-refractivity contribution in [3.05, 3.63) is 35.9 Å². The predicted octanol–water partition coefficient (Wildman–Crippen LogP) is 1.90. The van der Waals surface area contributed by atoms with Gasteiger partial charge in [-0.15, -0.1) is 0 Å². The van der Waals surface area contributed by atoms with E-state index in [1.165, 1.54) is 4.90 Å². The minimum atomic E-state index is -0.930. The van der Waals surface area contributed by atoms with Crippen molar-refractivity contribution in [2.45, 2.75) is 32.3 Å². The Labute approximate surface area is 137 Å². The number of benzene rings is 1. The Balaban J connectivity index is 2.60. The maximum Gasteiger partial charge on any atom is 0.317 e. The molecule has 6 nitrogen and oxygen atoms in total. The minimum Gasteiger partial charge on any atom is -0.481 e. The van der Waals surface area contributed by atoms with Crippen LogP contribution < -0.4 is 5.32 Å². The van der Waals surface area contributed by atoms with Gasteiger partial charge in [0.2, 0.25) is 0 Å². The van der Waals surface area contributed by atoms with Crippen LogP contribution in [0.15, 0.2) is 30.3 Å². The highest BCUT2D eigenvalue weighted by Crippen LogP contribution is 2.20. The quantitative estimate of drug-likeness (QED) is 0.682. The van der Waals surface area contributed by atoms with E-state index in [1.54, 1.807) is 20.9 Å². The third-order valence-corrected chi connectivity index (χ3v) is 3.71. The van der Waals surface area contributed by atoms with Crippen molar-refractivity contribution >= 4 is 12.0 Å². The van der Waals surface area contributed by atoms with Crippen LogP contribution in [-0.2, 0) is 4.79 Å². The summed E-state index contributed by atoms with van der Waals surface area (Å²) in [5, 5.41) is 21.4. The predicted molar refractivity (Wildman–Crippen MR) is 88.3 cm³/mol. The van der Waals surface area contributed by atoms with Crippen LogP contribution in [0.1, 0.15) is 31.7 Å². The molecular weight excluding hydrogens is 296 g/mol. The van der Waals surface area contributed by atoms with Gasteiger partial charge in [0.05, 0.1) is 12.0 Å². The third kappa shape index (κ3) is 6.69. The van der Waals surface area contributed by atoms with Crippen LogP contribution in [0.3, 0.4) is 0 Å². The van der Waals surface area contributed by atoms with Gasteiger partial charge in [-0.1, -0.05) is 37.3 Å². The molecule has 3 atom stereocenters. The molecule has 0 radical (unpaired) electrons. The van der Waals surface area contributed by atoms with E-state index in [4.69, 9.17) is 5.11 Å². The number of amides is 2. The number of urea groups is 1. The van der Waals surface area contributed by atoms with Crippen molar-refractivity contribution in [2.24, 2.45) is 5.92 Å². The lowest BCUT2D eigenvalue weighted by Crippen LogP contribution is -2.42. The van der Waals surface area contributed by atoms with E-state index in [0.717, 1.165) is 5.56 Å². The van der Waals surface area contributed by atoms with Crippen molar-refractivity contribution in [1.29, 1.82) is 0 Å². The second-order valence-corrected chi connectivity index (χ2v) is 6.00. The molecule has 128 valence electrons. The molecule has 23 heavy (non-hydrogen) atoms. The molecule has 0 saturated heterocycles. The highest BCUT2D eigenvalue weighted by atomic mass is 16.4. The molecule has 3 unspecified atom stereocenters. The first kappa shape index (κ1) is 19.0. The first-order valence-corrected chi connectivity index (χ1v) is 7.76. The molecule has 0 heterocycles. The lowest BCUT2D eigenvalue weighted by Gasteiger charge is -2.23. The van der Waals surface area contributed by atoms with Crippen LogP contribution in [0, 0.1) is 5.92 Å². The Morgan fingerprint density at radius 3 is 2.35 bits per heavy atom. The van der Waals surface area contributed by atoms with Crippen molar-refractivity contribution in [1.82, 2.24) is 10.2 Å². The summed E-state index contributed by atoms with van der Waals surface area (Å²) < 4.78 is 0. The number of carboxylic acids is 1. The number of rotatable bonds is 8. The number of hydrogen-bond donors (Lipinski definition) is 3. The number of aliphatic hydroxyl groups excluding tert-OH is 1. The Morgan fingerprint density at radius 2 is 1.83 bits per heavy atom. The lowest BCUT2D eigenvalue weighted by molar-refractivity contribution is -0.141. The molecule has 0 aliphatic heterocycles. The first-order chi connectivity index (χ1) is 10.8. The normalized spacial score (nSPS) is 14.6. The zero-order valence-electron chi connectivity index (χ0n) is 13.9. The molecule has 1 aromatic carbocycles. The standard InChI is InChI=1S/C17H26N2O4/c1-12(16(21)22)11-19(3)17(23)18-10-15(9-13(2)20)14-7-5-4-6-8-14/h4-8,12-13,15,20H,9-11H2,1-3H3,(H,18,23)(H,21,22). The van der Waals surface area contributed by atoms with E-state index >= 15 is 0 Å². The smallest absolute Gasteiger partial charge is 0.317 e. The molecule has 6 heteroatoms. The van der Waals surface area contributed by atoms with Gasteiger partial charge in [-0.3, -0.25) is 4.79 Å². The molecule has 0 aromatic heterocycles. The minimum absolute atomic E-state index is 0.00504. The van der Waals surface area contributed by atoms with E-state index in [9.17, 15) is 14.7 Å². The number of hydrogen-bond acceptors (Lipinski definition) is 3. The summed E-state index contributed by atoms with van der Waals surface area (Å²) in [7, 11) is 1.57. The van der Waals surface area contributed by atoms with Gasteiger partial charge in [-0.05, 0) is 18.9 Å². The number of aliphatic hydroxyl groups is 1. The van der Waals surface area contributed by atoms with Crippen LogP contribution in [-0.4, -0.2) is 53.4 Å². The summed E-state index contributed by atoms with van der Waals surface area (Å²) >= 11 is 0. The molecule has 0 fully saturated rings. The molecule has 2 amide bonds. The Bertz CT molecular complexity index is 505. The third-order valence-electron chi connectivity index (χ3n) is 3.71. The molecule has 3 N–H and O–H groups in total. The average molecular weight is 322 g/mol. The van der Waals surface area contributed by atoms with Gasteiger partial charge >= 0.3 is 12.0 Å². The highest BCUT2D eigenvalue weighted by Gasteiger charge is 2.19. The molecule has 0 saturated carbocycles. The fourth-order valence-electron chi connectivity index (χ4n) is 2.39. The lowest BCUT2D eigenvalue weighted by atomic mass is 9.93. The number of nitrogens with one attached hydrogen (secondary N) is 1. The van der Waals surface area contributed by atoms with E-state index in [0.29, 0.717) is 13.0 Å². The van der Waals surface area contributed by atoms with Crippen molar-refractivity contribution in [3.8, 4) is 0 Å². The summed E-state index contributed by atoms with van der Waals surface area (Å²) in [6, 6.07) is 9.39. The second kappa shape index (κ2) is 9.15. The van der Waals surface area contributed by atoms with Crippen molar-refractivity contribution in [3.63, 3.8) is 0 Å². The molecule has 0 spiro atoms. The number of nitrogens with zero attached hydrogens (tertiary/aromatic N) is 1. The first-order valence-electron chi connectivity index (χ1n) is 7.76. The van der Waals surface area contributed by atoms with Gasteiger partial charge in [-0.2, -0.15) is 0 Å². The van der Waals surface area contributed by atoms with Gasteiger partial charge in [0.1, 0.15) is 0 Å². The monoisotopic (exact) mass is 322 g/mol. The van der Waals surface area contributed by atoms with E-state index in [-0.39, 0.29) is 18.5 Å². The van der Waals surface area contributed by atoms with Crippen LogP contribution in [0.5, 0.6) is 0 Å². The summed E-state index contributed by atoms with van der Waals surface area (Å²) in [6.45, 7) is 3.82. The summed E-state index contributed by atoms with van der Waals surface area (Å²) in [5.41, 5.74) is 1.05. The zero-order chi connectivity index (χ0) is 17.4. The molecule has 1 rings (SSSR count). The topological polar surface area (TPSA) is 89.9 Å². The van der Waals surface area contributed by atoms with E-state index < -0.39 is 18.0 Å². The number of aliphatic carboxylic acids is 1. The Hall–Kier alpha value is -2.08. The fraction of sp³-hybridized carbons (Fsp3) is 0.529. The van der Waals surface area contributed by atoms with Gasteiger partial charge in [0, 0.05) is 26.1 Å². The van der Waals surface area contributed by atoms with Crippen molar-refractivity contribution < 1.29 is 19.8 Å². The summed E-state index contributed by atoms with van der Waals surface area (Å²) in [6.07, 6.45) is 0.0707. The molecule has 0 aliphatic rings. The Morgan fingerprint density at radius 1 is 1.22 bits per heavy atom. The van der Waals surface area contributed by atoms with Crippen molar-refractivity contribution in [2.75, 3.05) is 20.1 Å². The maximum absolute atomic E-state index is 12.1. The fourth-order valence-corrected chi connectivity index (χ4v) is 2.39. The molecular formula is C17H26N2O4. The summed E-state index contributed by atoms with van der Waals surface area (Å²) in [5.74, 6) is -1.54. The van der Waals surface area contributed by atoms with Gasteiger partial charge in [0.25, 0.3) is 0 Å². The maximum atomic E-state index is 12.1. The second-order valence-electron chi connectivity index (χ2n) is 6.00. The van der Waals surface area contributed by atoms with Crippen LogP contribution in [0.25, 0.3) is 0 Å². The average Bonchev–Trinajstić information content (AvgIpc) is 2.51. The molecule has 0 bridgehead atoms. The number of carboxylic acid groups (broad SMARTS) is 1. The van der Waals surface area contributed by atoms with E-state index in [2.05, 4.69) is 5.32 Å². The SMILES string of the molecule is CC(O)CC(CNC(=O)N(C)CC(C)C(=O)O)c1ccccc1.